The van der Waals surface area contributed by atoms with Crippen LogP contribution in [0.3, 0.4) is 0 Å². The Morgan fingerprint density at radius 3 is 2.73 bits per heavy atom. The summed E-state index contributed by atoms with van der Waals surface area (Å²) in [7, 11) is 0. The topological polar surface area (TPSA) is 87.1 Å². The van der Waals surface area contributed by atoms with Crippen molar-refractivity contribution >= 4 is 28.9 Å². The van der Waals surface area contributed by atoms with Gasteiger partial charge in [0.05, 0.1) is 11.4 Å². The minimum atomic E-state index is -0.638. The Morgan fingerprint density at radius 1 is 1.13 bits per heavy atom. The molecule has 0 bridgehead atoms. The van der Waals surface area contributed by atoms with Crippen molar-refractivity contribution in [3.63, 3.8) is 0 Å². The Morgan fingerprint density at radius 2 is 1.97 bits per heavy atom. The molecule has 0 saturated carbocycles. The molecule has 2 N–H and O–H groups in total. The maximum absolute atomic E-state index is 15.1. The molecule has 0 aliphatic heterocycles. The molecule has 2 aromatic carbocycles. The lowest BCUT2D eigenvalue weighted by molar-refractivity contribution is 0.437. The Hall–Kier alpha value is -3.16. The van der Waals surface area contributed by atoms with Crippen LogP contribution in [0.25, 0.3) is 11.5 Å². The SMILES string of the molecule is Cc1cnccc1-c1nnc(Cc2ccc(Cl)c(Oc3cc(N)cc(Cl)c3)c2F)o1. The highest BCUT2D eigenvalue weighted by Gasteiger charge is 2.18. The second kappa shape index (κ2) is 8.30. The molecule has 4 rings (SSSR count). The Kier molecular flexibility index (Phi) is 5.57. The molecule has 0 aliphatic carbocycles. The van der Waals surface area contributed by atoms with E-state index >= 15 is 4.39 Å². The highest BCUT2D eigenvalue weighted by molar-refractivity contribution is 6.32. The molecule has 2 heterocycles. The zero-order valence-corrected chi connectivity index (χ0v) is 17.2. The lowest BCUT2D eigenvalue weighted by Crippen LogP contribution is -1.98. The lowest BCUT2D eigenvalue weighted by atomic mass is 10.1. The molecule has 0 spiro atoms. The molecule has 0 radical (unpaired) electrons. The van der Waals surface area contributed by atoms with Crippen LogP contribution in [-0.2, 0) is 6.42 Å². The van der Waals surface area contributed by atoms with Gasteiger partial charge in [0.25, 0.3) is 0 Å². The molecule has 4 aromatic rings. The van der Waals surface area contributed by atoms with Gasteiger partial charge in [-0.25, -0.2) is 4.39 Å². The van der Waals surface area contributed by atoms with Crippen molar-refractivity contribution in [1.82, 2.24) is 15.2 Å². The highest BCUT2D eigenvalue weighted by Crippen LogP contribution is 2.36. The molecule has 0 fully saturated rings. The summed E-state index contributed by atoms with van der Waals surface area (Å²) in [4.78, 5) is 4.04. The van der Waals surface area contributed by atoms with Crippen LogP contribution in [0, 0.1) is 12.7 Å². The first kappa shape index (κ1) is 20.1. The zero-order chi connectivity index (χ0) is 21.3. The quantitative estimate of drug-likeness (QED) is 0.388. The van der Waals surface area contributed by atoms with Gasteiger partial charge in [-0.15, -0.1) is 10.2 Å². The number of aryl methyl sites for hydroxylation is 1. The van der Waals surface area contributed by atoms with E-state index in [1.54, 1.807) is 30.6 Å². The fraction of sp³-hybridized carbons (Fsp3) is 0.0952. The Balaban J connectivity index is 1.62. The number of aromatic nitrogens is 3. The predicted molar refractivity (Wildman–Crippen MR) is 112 cm³/mol. The van der Waals surface area contributed by atoms with Crippen LogP contribution >= 0.6 is 23.2 Å². The van der Waals surface area contributed by atoms with Gasteiger partial charge in [0.2, 0.25) is 11.8 Å². The van der Waals surface area contributed by atoms with Crippen LogP contribution in [0.2, 0.25) is 10.0 Å². The van der Waals surface area contributed by atoms with E-state index in [1.165, 1.54) is 18.2 Å². The van der Waals surface area contributed by atoms with Gasteiger partial charge in [-0.05, 0) is 36.8 Å². The van der Waals surface area contributed by atoms with Crippen LogP contribution in [0.4, 0.5) is 10.1 Å². The molecule has 0 atom stereocenters. The van der Waals surface area contributed by atoms with Crippen LogP contribution in [0.5, 0.6) is 11.5 Å². The summed E-state index contributed by atoms with van der Waals surface area (Å²) < 4.78 is 26.5. The number of anilines is 1. The molecule has 0 unspecified atom stereocenters. The third kappa shape index (κ3) is 4.22. The largest absolute Gasteiger partial charge is 0.453 e. The molecule has 0 amide bonds. The number of nitrogens with two attached hydrogens (primary N) is 1. The summed E-state index contributed by atoms with van der Waals surface area (Å²) in [6, 6.07) is 9.45. The standard InChI is InChI=1S/C21H15Cl2FN4O2/c1-11-10-26-5-4-16(11)21-28-27-18(30-21)6-12-2-3-17(23)20(19(12)24)29-15-8-13(22)7-14(25)9-15/h2-5,7-10H,6,25H2,1H3. The Labute approximate surface area is 181 Å². The molecule has 0 aliphatic rings. The molecular weight excluding hydrogens is 430 g/mol. The third-order valence-electron chi connectivity index (χ3n) is 4.30. The van der Waals surface area contributed by atoms with Crippen LogP contribution in [0.1, 0.15) is 17.0 Å². The number of nitrogen functional groups attached to an aromatic ring is 1. The van der Waals surface area contributed by atoms with E-state index in [-0.39, 0.29) is 34.4 Å². The number of benzene rings is 2. The van der Waals surface area contributed by atoms with E-state index in [0.717, 1.165) is 11.1 Å². The summed E-state index contributed by atoms with van der Waals surface area (Å²) in [5.74, 6) is 0.0816. The molecule has 30 heavy (non-hydrogen) atoms. The van der Waals surface area contributed by atoms with Gasteiger partial charge < -0.3 is 14.9 Å². The van der Waals surface area contributed by atoms with Gasteiger partial charge in [0.1, 0.15) is 5.75 Å². The van der Waals surface area contributed by atoms with Crippen molar-refractivity contribution in [1.29, 1.82) is 0 Å². The van der Waals surface area contributed by atoms with Crippen LogP contribution < -0.4 is 10.5 Å². The van der Waals surface area contributed by atoms with Crippen molar-refractivity contribution in [3.8, 4) is 23.0 Å². The molecule has 152 valence electrons. The minimum Gasteiger partial charge on any atom is -0.453 e. The number of pyridine rings is 1. The van der Waals surface area contributed by atoms with E-state index in [0.29, 0.717) is 16.6 Å². The Bertz CT molecular complexity index is 1210. The number of rotatable bonds is 5. The first-order valence-corrected chi connectivity index (χ1v) is 9.60. The zero-order valence-electron chi connectivity index (χ0n) is 15.7. The molecule has 6 nitrogen and oxygen atoms in total. The van der Waals surface area contributed by atoms with Gasteiger partial charge in [-0.3, -0.25) is 4.98 Å². The minimum absolute atomic E-state index is 0.0637. The van der Waals surface area contributed by atoms with Crippen molar-refractivity contribution in [2.45, 2.75) is 13.3 Å². The summed E-state index contributed by atoms with van der Waals surface area (Å²) >= 11 is 12.1. The second-order valence-electron chi connectivity index (χ2n) is 6.54. The molecule has 2 aromatic heterocycles. The summed E-state index contributed by atoms with van der Waals surface area (Å²) in [5.41, 5.74) is 8.08. The second-order valence-corrected chi connectivity index (χ2v) is 7.38. The van der Waals surface area contributed by atoms with E-state index in [2.05, 4.69) is 15.2 Å². The first-order valence-electron chi connectivity index (χ1n) is 8.85. The highest BCUT2D eigenvalue weighted by atomic mass is 35.5. The normalized spacial score (nSPS) is 10.9. The van der Waals surface area contributed by atoms with Gasteiger partial charge in [-0.2, -0.15) is 0 Å². The van der Waals surface area contributed by atoms with Gasteiger partial charge in [0, 0.05) is 40.3 Å². The fourth-order valence-corrected chi connectivity index (χ4v) is 3.29. The lowest BCUT2D eigenvalue weighted by Gasteiger charge is -2.12. The molecule has 9 heteroatoms. The van der Waals surface area contributed by atoms with Gasteiger partial charge in [-0.1, -0.05) is 29.3 Å². The van der Waals surface area contributed by atoms with Crippen LogP contribution in [-0.4, -0.2) is 15.2 Å². The smallest absolute Gasteiger partial charge is 0.248 e. The summed E-state index contributed by atoms with van der Waals surface area (Å²) in [6.07, 6.45) is 3.40. The number of hydrogen-bond donors (Lipinski definition) is 1. The predicted octanol–water partition coefficient (Wildman–Crippen LogP) is 5.85. The van der Waals surface area contributed by atoms with Crippen molar-refractivity contribution in [3.05, 3.63) is 81.7 Å². The first-order chi connectivity index (χ1) is 14.4. The van der Waals surface area contributed by atoms with Crippen LogP contribution in [0.15, 0.2) is 53.2 Å². The van der Waals surface area contributed by atoms with E-state index in [4.69, 9.17) is 38.1 Å². The van der Waals surface area contributed by atoms with Gasteiger partial charge in [0.15, 0.2) is 11.6 Å². The van der Waals surface area contributed by atoms with E-state index in [9.17, 15) is 0 Å². The average molecular weight is 445 g/mol. The summed E-state index contributed by atoms with van der Waals surface area (Å²) in [5, 5.41) is 8.53. The van der Waals surface area contributed by atoms with Crippen molar-refractivity contribution < 1.29 is 13.5 Å². The summed E-state index contributed by atoms with van der Waals surface area (Å²) in [6.45, 7) is 1.89. The molecular formula is C21H15Cl2FN4O2. The van der Waals surface area contributed by atoms with Crippen molar-refractivity contribution in [2.75, 3.05) is 5.73 Å². The maximum Gasteiger partial charge on any atom is 0.248 e. The fourth-order valence-electron chi connectivity index (χ4n) is 2.87. The maximum atomic E-state index is 15.1. The van der Waals surface area contributed by atoms with E-state index in [1.807, 2.05) is 6.92 Å². The monoisotopic (exact) mass is 444 g/mol. The van der Waals surface area contributed by atoms with E-state index < -0.39 is 5.82 Å². The van der Waals surface area contributed by atoms with Gasteiger partial charge >= 0.3 is 0 Å². The van der Waals surface area contributed by atoms with Crippen molar-refractivity contribution in [2.24, 2.45) is 0 Å². The average Bonchev–Trinajstić information content (AvgIpc) is 3.15. The third-order valence-corrected chi connectivity index (χ3v) is 4.82. The molecule has 0 saturated heterocycles. The number of nitrogens with zero attached hydrogens (tertiary/aromatic N) is 3. The number of halogens is 3. The number of ether oxygens (including phenoxy) is 1. The number of hydrogen-bond acceptors (Lipinski definition) is 6.